The van der Waals surface area contributed by atoms with Crippen LogP contribution in [0.2, 0.25) is 0 Å². The van der Waals surface area contributed by atoms with E-state index < -0.39 is 0 Å². The molecule has 4 rings (SSSR count). The molecule has 0 aliphatic rings. The van der Waals surface area contributed by atoms with E-state index in [0.717, 1.165) is 59.3 Å². The first-order valence-electron chi connectivity index (χ1n) is 8.89. The Morgan fingerprint density at radius 2 is 2.00 bits per heavy atom. The number of nitro groups is 1. The molecule has 0 fully saturated rings. The van der Waals surface area contributed by atoms with Crippen LogP contribution in [0.3, 0.4) is 0 Å². The first kappa shape index (κ1) is 17.5. The maximum atomic E-state index is 10.8. The van der Waals surface area contributed by atoms with E-state index in [1.807, 2.05) is 24.5 Å². The van der Waals surface area contributed by atoms with Crippen LogP contribution in [-0.4, -0.2) is 29.6 Å². The average molecular weight is 381 g/mol. The zero-order valence-electron chi connectivity index (χ0n) is 14.7. The van der Waals surface area contributed by atoms with Gasteiger partial charge in [-0.2, -0.15) is 0 Å². The number of nitro benzene ring substituents is 1. The topological polar surface area (TPSA) is 89.6 Å². The Balaban J connectivity index is 1.24. The van der Waals surface area contributed by atoms with Crippen LogP contribution >= 0.6 is 11.9 Å². The van der Waals surface area contributed by atoms with E-state index in [1.165, 1.54) is 12.1 Å². The normalized spacial score (nSPS) is 11.4. The minimum Gasteiger partial charge on any atom is -0.342 e. The number of aryl methyl sites for hydroxylation is 1. The van der Waals surface area contributed by atoms with E-state index >= 15 is 0 Å². The van der Waals surface area contributed by atoms with Gasteiger partial charge in [-0.05, 0) is 43.0 Å². The van der Waals surface area contributed by atoms with Gasteiger partial charge in [0, 0.05) is 24.3 Å². The molecule has 27 heavy (non-hydrogen) atoms. The summed E-state index contributed by atoms with van der Waals surface area (Å²) in [4.78, 5) is 22.6. The minimum absolute atomic E-state index is 0.0850. The van der Waals surface area contributed by atoms with Gasteiger partial charge in [0.2, 0.25) is 0 Å². The number of imidazole rings is 2. The van der Waals surface area contributed by atoms with E-state index in [2.05, 4.69) is 25.0 Å². The number of rotatable bonds is 8. The predicted molar refractivity (Wildman–Crippen MR) is 108 cm³/mol. The summed E-state index contributed by atoms with van der Waals surface area (Å²) in [6.07, 6.45) is 5.98. The monoisotopic (exact) mass is 381 g/mol. The minimum atomic E-state index is -0.388. The third-order valence-electron chi connectivity index (χ3n) is 4.43. The summed E-state index contributed by atoms with van der Waals surface area (Å²) in [5, 5.41) is 10.8. The molecule has 0 aliphatic heterocycles. The third kappa shape index (κ3) is 3.95. The fourth-order valence-corrected chi connectivity index (χ4v) is 3.99. The van der Waals surface area contributed by atoms with Crippen molar-refractivity contribution < 1.29 is 4.92 Å². The van der Waals surface area contributed by atoms with Crippen molar-refractivity contribution in [1.82, 2.24) is 18.9 Å². The van der Waals surface area contributed by atoms with Gasteiger partial charge in [-0.1, -0.05) is 18.6 Å². The molecule has 0 unspecified atom stereocenters. The summed E-state index contributed by atoms with van der Waals surface area (Å²) in [6, 6.07) is 12.9. The predicted octanol–water partition coefficient (Wildman–Crippen LogP) is 4.73. The molecule has 2 aromatic heterocycles. The molecular weight excluding hydrogens is 362 g/mol. The van der Waals surface area contributed by atoms with Crippen LogP contribution in [0.15, 0.2) is 48.8 Å². The number of non-ortho nitro benzene ring substituents is 1. The molecule has 0 bridgehead atoms. The number of unbranched alkanes of at least 4 members (excludes halogenated alkanes) is 2. The Morgan fingerprint density at radius 3 is 2.89 bits per heavy atom. The maximum Gasteiger partial charge on any atom is 0.271 e. The van der Waals surface area contributed by atoms with Crippen molar-refractivity contribution in [3.05, 3.63) is 64.7 Å². The largest absolute Gasteiger partial charge is 0.342 e. The van der Waals surface area contributed by atoms with Crippen LogP contribution in [-0.2, 0) is 6.42 Å². The summed E-state index contributed by atoms with van der Waals surface area (Å²) < 4.78 is 2.13. The molecule has 0 radical (unpaired) electrons. The first-order chi connectivity index (χ1) is 13.2. The number of nitrogens with one attached hydrogen (secondary N) is 1. The van der Waals surface area contributed by atoms with Crippen molar-refractivity contribution >= 4 is 39.7 Å². The lowest BCUT2D eigenvalue weighted by Gasteiger charge is -2.03. The summed E-state index contributed by atoms with van der Waals surface area (Å²) in [6.45, 7) is 0. The molecule has 0 aliphatic carbocycles. The lowest BCUT2D eigenvalue weighted by atomic mass is 10.2. The van der Waals surface area contributed by atoms with E-state index in [1.54, 1.807) is 18.0 Å². The van der Waals surface area contributed by atoms with Crippen molar-refractivity contribution in [2.75, 3.05) is 5.75 Å². The number of H-pyrrole nitrogens is 1. The Hall–Kier alpha value is -2.87. The number of para-hydroxylation sites is 2. The van der Waals surface area contributed by atoms with Gasteiger partial charge < -0.3 is 4.98 Å². The third-order valence-corrected chi connectivity index (χ3v) is 5.47. The molecule has 0 saturated heterocycles. The van der Waals surface area contributed by atoms with Gasteiger partial charge in [0.1, 0.15) is 12.2 Å². The summed E-state index contributed by atoms with van der Waals surface area (Å²) in [5.41, 5.74) is 3.76. The van der Waals surface area contributed by atoms with E-state index in [9.17, 15) is 10.1 Å². The molecule has 2 aromatic carbocycles. The molecule has 7 nitrogen and oxygen atoms in total. The zero-order valence-corrected chi connectivity index (χ0v) is 15.5. The Morgan fingerprint density at radius 1 is 1.11 bits per heavy atom. The van der Waals surface area contributed by atoms with Crippen LogP contribution in [0.4, 0.5) is 5.69 Å². The fourth-order valence-electron chi connectivity index (χ4n) is 3.06. The Bertz CT molecular complexity index is 1090. The van der Waals surface area contributed by atoms with Crippen LogP contribution in [0.25, 0.3) is 22.1 Å². The number of nitrogens with zero attached hydrogens (tertiary/aromatic N) is 4. The standard InChI is InChI=1S/C19H19N5O2S/c25-24(26)14-9-10-15-17(12-14)22-19(21-15)8-2-1-5-11-27-23-13-20-16-6-3-4-7-18(16)23/h3-4,6-7,9-10,12-13H,1-2,5,8,11H2,(H,21,22). The number of aromatic nitrogens is 4. The number of fused-ring (bicyclic) bond motifs is 2. The maximum absolute atomic E-state index is 10.8. The van der Waals surface area contributed by atoms with Crippen LogP contribution in [0, 0.1) is 10.1 Å². The molecule has 138 valence electrons. The second kappa shape index (κ2) is 7.79. The number of benzene rings is 2. The molecule has 0 atom stereocenters. The van der Waals surface area contributed by atoms with E-state index in [0.29, 0.717) is 0 Å². The van der Waals surface area contributed by atoms with Crippen LogP contribution < -0.4 is 0 Å². The summed E-state index contributed by atoms with van der Waals surface area (Å²) in [5.74, 6) is 1.92. The van der Waals surface area contributed by atoms with Gasteiger partial charge in [0.05, 0.1) is 27.0 Å². The highest BCUT2D eigenvalue weighted by molar-refractivity contribution is 7.97. The number of hydrogen-bond acceptors (Lipinski definition) is 5. The highest BCUT2D eigenvalue weighted by atomic mass is 32.2. The van der Waals surface area contributed by atoms with Gasteiger partial charge in [0.25, 0.3) is 5.69 Å². The zero-order chi connectivity index (χ0) is 18.6. The smallest absolute Gasteiger partial charge is 0.271 e. The number of aromatic amines is 1. The molecule has 1 N–H and O–H groups in total. The molecule has 0 amide bonds. The van der Waals surface area contributed by atoms with E-state index in [-0.39, 0.29) is 10.6 Å². The SMILES string of the molecule is O=[N+]([O-])c1ccc2nc(CCCCCSn3cnc4ccccc43)[nH]c2c1. The fraction of sp³-hybridized carbons (Fsp3) is 0.263. The lowest BCUT2D eigenvalue weighted by Crippen LogP contribution is -1.91. The summed E-state index contributed by atoms with van der Waals surface area (Å²) >= 11 is 1.78. The van der Waals surface area contributed by atoms with Crippen molar-refractivity contribution in [3.8, 4) is 0 Å². The van der Waals surface area contributed by atoms with Crippen molar-refractivity contribution in [2.24, 2.45) is 0 Å². The highest BCUT2D eigenvalue weighted by Gasteiger charge is 2.09. The number of hydrogen-bond donors (Lipinski definition) is 1. The summed E-state index contributed by atoms with van der Waals surface area (Å²) in [7, 11) is 0. The molecule has 0 spiro atoms. The van der Waals surface area contributed by atoms with Gasteiger partial charge in [-0.3, -0.25) is 14.1 Å². The highest BCUT2D eigenvalue weighted by Crippen LogP contribution is 2.21. The van der Waals surface area contributed by atoms with Crippen molar-refractivity contribution in [3.63, 3.8) is 0 Å². The molecular formula is C19H19N5O2S. The van der Waals surface area contributed by atoms with Gasteiger partial charge in [-0.25, -0.2) is 9.97 Å². The Kier molecular flexibility index (Phi) is 5.06. The lowest BCUT2D eigenvalue weighted by molar-refractivity contribution is -0.384. The van der Waals surface area contributed by atoms with Crippen molar-refractivity contribution in [1.29, 1.82) is 0 Å². The molecule has 8 heteroatoms. The second-order valence-electron chi connectivity index (χ2n) is 6.35. The van der Waals surface area contributed by atoms with E-state index in [4.69, 9.17) is 0 Å². The molecule has 0 saturated carbocycles. The first-order valence-corrected chi connectivity index (χ1v) is 9.83. The Labute approximate surface area is 160 Å². The second-order valence-corrected chi connectivity index (χ2v) is 7.40. The van der Waals surface area contributed by atoms with Crippen LogP contribution in [0.1, 0.15) is 25.1 Å². The van der Waals surface area contributed by atoms with Gasteiger partial charge in [-0.15, -0.1) is 0 Å². The van der Waals surface area contributed by atoms with Gasteiger partial charge >= 0.3 is 0 Å². The van der Waals surface area contributed by atoms with Crippen LogP contribution in [0.5, 0.6) is 0 Å². The van der Waals surface area contributed by atoms with Crippen molar-refractivity contribution in [2.45, 2.75) is 25.7 Å². The molecule has 4 aromatic rings. The quantitative estimate of drug-likeness (QED) is 0.271. The molecule has 2 heterocycles. The average Bonchev–Trinajstić information content (AvgIpc) is 3.27. The van der Waals surface area contributed by atoms with Gasteiger partial charge in [0.15, 0.2) is 0 Å².